The van der Waals surface area contributed by atoms with Crippen LogP contribution in [0, 0.1) is 0 Å². The first-order valence-electron chi connectivity index (χ1n) is 9.05. The van der Waals surface area contributed by atoms with Gasteiger partial charge in [-0.05, 0) is 42.8 Å². The number of ketones is 1. The fraction of sp³-hybridized carbons (Fsp3) is 0.286. The number of aliphatic carboxylic acids is 2. The van der Waals surface area contributed by atoms with Gasteiger partial charge in [-0.25, -0.2) is 9.59 Å². The van der Waals surface area contributed by atoms with Crippen molar-refractivity contribution in [1.82, 2.24) is 5.32 Å². The number of carboxylic acids is 2. The van der Waals surface area contributed by atoms with Gasteiger partial charge in [-0.3, -0.25) is 4.79 Å². The van der Waals surface area contributed by atoms with E-state index in [1.54, 1.807) is 18.2 Å². The number of ether oxygens (including phenoxy) is 2. The SMILES string of the molecule is COc1cc(C(C)=O)ccc1OCC(O)CNCc1ccc(Cl)cc1.O=C(O)C(=O)O. The number of carboxylic acid groups (broad SMARTS) is 2. The molecule has 0 aliphatic rings. The molecule has 0 fully saturated rings. The summed E-state index contributed by atoms with van der Waals surface area (Å²) in [6, 6.07) is 12.5. The van der Waals surface area contributed by atoms with Gasteiger partial charge in [0.2, 0.25) is 0 Å². The van der Waals surface area contributed by atoms with Crippen LogP contribution in [-0.4, -0.2) is 59.4 Å². The minimum Gasteiger partial charge on any atom is -0.493 e. The molecule has 0 heterocycles. The Hall–Kier alpha value is -3.14. The molecule has 31 heavy (non-hydrogen) atoms. The highest BCUT2D eigenvalue weighted by Gasteiger charge is 2.11. The lowest BCUT2D eigenvalue weighted by Gasteiger charge is -2.15. The molecule has 1 atom stereocenters. The lowest BCUT2D eigenvalue weighted by atomic mass is 10.1. The van der Waals surface area contributed by atoms with Crippen molar-refractivity contribution in [3.8, 4) is 11.5 Å². The predicted octanol–water partition coefficient (Wildman–Crippen LogP) is 2.24. The van der Waals surface area contributed by atoms with E-state index in [-0.39, 0.29) is 12.4 Å². The number of carbonyl (C=O) groups is 3. The maximum Gasteiger partial charge on any atom is 0.414 e. The molecule has 2 aromatic rings. The van der Waals surface area contributed by atoms with Crippen LogP contribution in [0.2, 0.25) is 5.02 Å². The molecule has 9 nitrogen and oxygen atoms in total. The molecule has 2 aromatic carbocycles. The maximum absolute atomic E-state index is 11.4. The van der Waals surface area contributed by atoms with Gasteiger partial charge >= 0.3 is 11.9 Å². The molecule has 168 valence electrons. The van der Waals surface area contributed by atoms with Crippen LogP contribution in [0.15, 0.2) is 42.5 Å². The Balaban J connectivity index is 0.000000703. The van der Waals surface area contributed by atoms with E-state index in [1.807, 2.05) is 24.3 Å². The monoisotopic (exact) mass is 453 g/mol. The molecule has 0 aromatic heterocycles. The zero-order chi connectivity index (χ0) is 23.4. The van der Waals surface area contributed by atoms with Gasteiger partial charge in [0.15, 0.2) is 17.3 Å². The zero-order valence-electron chi connectivity index (χ0n) is 17.0. The largest absolute Gasteiger partial charge is 0.493 e. The molecule has 0 aliphatic carbocycles. The Kier molecular flexibility index (Phi) is 11.0. The number of hydrogen-bond acceptors (Lipinski definition) is 7. The first-order chi connectivity index (χ1) is 14.6. The second-order valence-electron chi connectivity index (χ2n) is 6.25. The van der Waals surface area contributed by atoms with Crippen molar-refractivity contribution >= 4 is 29.3 Å². The smallest absolute Gasteiger partial charge is 0.414 e. The van der Waals surface area contributed by atoms with Crippen molar-refractivity contribution < 1.29 is 39.2 Å². The highest BCUT2D eigenvalue weighted by Crippen LogP contribution is 2.28. The van der Waals surface area contributed by atoms with Gasteiger partial charge in [0.25, 0.3) is 0 Å². The molecule has 0 aliphatic heterocycles. The molecular formula is C21H24ClNO8. The normalized spacial score (nSPS) is 11.0. The summed E-state index contributed by atoms with van der Waals surface area (Å²) in [6.45, 7) is 2.62. The molecule has 2 rings (SSSR count). The lowest BCUT2D eigenvalue weighted by Crippen LogP contribution is -2.31. The standard InChI is InChI=1S/C19H22ClNO4.C2H2O4/c1-13(22)15-5-8-18(19(9-15)24-2)25-12-17(23)11-21-10-14-3-6-16(20)7-4-14;3-1(4)2(5)6/h3-9,17,21,23H,10-12H2,1-2H3;(H,3,4)(H,5,6). The first-order valence-corrected chi connectivity index (χ1v) is 9.43. The topological polar surface area (TPSA) is 142 Å². The number of hydrogen-bond donors (Lipinski definition) is 4. The van der Waals surface area contributed by atoms with E-state index in [9.17, 15) is 9.90 Å². The molecule has 10 heteroatoms. The van der Waals surface area contributed by atoms with Crippen molar-refractivity contribution in [2.45, 2.75) is 19.6 Å². The van der Waals surface area contributed by atoms with Gasteiger partial charge in [0.05, 0.1) is 7.11 Å². The predicted molar refractivity (Wildman–Crippen MR) is 113 cm³/mol. The van der Waals surface area contributed by atoms with E-state index in [4.69, 9.17) is 40.9 Å². The van der Waals surface area contributed by atoms with Crippen LogP contribution in [0.25, 0.3) is 0 Å². The summed E-state index contributed by atoms with van der Waals surface area (Å²) in [4.78, 5) is 29.6. The van der Waals surface area contributed by atoms with Crippen molar-refractivity contribution in [3.05, 3.63) is 58.6 Å². The number of halogens is 1. The molecule has 0 spiro atoms. The molecule has 0 amide bonds. The van der Waals surface area contributed by atoms with E-state index in [0.717, 1.165) is 5.56 Å². The summed E-state index contributed by atoms with van der Waals surface area (Å²) in [6.07, 6.45) is -0.676. The molecule has 4 N–H and O–H groups in total. The summed E-state index contributed by atoms with van der Waals surface area (Å²) >= 11 is 5.84. The van der Waals surface area contributed by atoms with Gasteiger partial charge in [-0.15, -0.1) is 0 Å². The van der Waals surface area contributed by atoms with Gasteiger partial charge < -0.3 is 30.1 Å². The average Bonchev–Trinajstić information content (AvgIpc) is 2.73. The van der Waals surface area contributed by atoms with E-state index >= 15 is 0 Å². The fourth-order valence-corrected chi connectivity index (χ4v) is 2.36. The van der Waals surface area contributed by atoms with Crippen LogP contribution in [0.5, 0.6) is 11.5 Å². The Morgan fingerprint density at radius 2 is 1.65 bits per heavy atom. The van der Waals surface area contributed by atoms with E-state index < -0.39 is 18.0 Å². The maximum atomic E-state index is 11.4. The van der Waals surface area contributed by atoms with Crippen molar-refractivity contribution in [1.29, 1.82) is 0 Å². The number of benzene rings is 2. The molecule has 1 unspecified atom stereocenters. The minimum atomic E-state index is -1.82. The van der Waals surface area contributed by atoms with E-state index in [0.29, 0.717) is 35.2 Å². The van der Waals surface area contributed by atoms with Crippen LogP contribution >= 0.6 is 11.6 Å². The second-order valence-corrected chi connectivity index (χ2v) is 6.69. The Bertz CT molecular complexity index is 873. The summed E-state index contributed by atoms with van der Waals surface area (Å²) in [5.74, 6) is -2.74. The van der Waals surface area contributed by atoms with E-state index in [2.05, 4.69) is 5.32 Å². The number of carbonyl (C=O) groups excluding carboxylic acids is 1. The van der Waals surface area contributed by atoms with Gasteiger partial charge in [-0.2, -0.15) is 0 Å². The number of aliphatic hydroxyl groups is 1. The fourth-order valence-electron chi connectivity index (χ4n) is 2.24. The van der Waals surface area contributed by atoms with Crippen LogP contribution in [0.4, 0.5) is 0 Å². The summed E-state index contributed by atoms with van der Waals surface area (Å²) < 4.78 is 10.8. The third-order valence-electron chi connectivity index (χ3n) is 3.81. The first kappa shape index (κ1) is 25.9. The highest BCUT2D eigenvalue weighted by molar-refractivity contribution is 6.30. The second kappa shape index (κ2) is 13.2. The number of rotatable bonds is 9. The van der Waals surface area contributed by atoms with Crippen molar-refractivity contribution in [3.63, 3.8) is 0 Å². The van der Waals surface area contributed by atoms with Gasteiger partial charge in [-0.1, -0.05) is 23.7 Å². The van der Waals surface area contributed by atoms with Gasteiger partial charge in [0.1, 0.15) is 12.7 Å². The number of Topliss-reactive ketones (excluding diaryl/α,β-unsaturated/α-hetero) is 1. The third-order valence-corrected chi connectivity index (χ3v) is 4.06. The molecular weight excluding hydrogens is 430 g/mol. The molecule has 0 saturated carbocycles. The number of nitrogens with one attached hydrogen (secondary N) is 1. The van der Waals surface area contributed by atoms with E-state index in [1.165, 1.54) is 14.0 Å². The van der Waals surface area contributed by atoms with Crippen LogP contribution in [0.3, 0.4) is 0 Å². The third kappa shape index (κ3) is 9.94. The highest BCUT2D eigenvalue weighted by atomic mass is 35.5. The molecule has 0 radical (unpaired) electrons. The Morgan fingerprint density at radius 3 is 2.16 bits per heavy atom. The zero-order valence-corrected chi connectivity index (χ0v) is 17.8. The Morgan fingerprint density at radius 1 is 1.03 bits per heavy atom. The van der Waals surface area contributed by atoms with Gasteiger partial charge in [0, 0.05) is 23.7 Å². The van der Waals surface area contributed by atoms with Crippen molar-refractivity contribution in [2.24, 2.45) is 0 Å². The Labute approximate surface area is 184 Å². The summed E-state index contributed by atoms with van der Waals surface area (Å²) in [5.41, 5.74) is 1.63. The minimum absolute atomic E-state index is 0.0451. The lowest BCUT2D eigenvalue weighted by molar-refractivity contribution is -0.159. The quantitative estimate of drug-likeness (QED) is 0.332. The number of aliphatic hydroxyl groups excluding tert-OH is 1. The summed E-state index contributed by atoms with van der Waals surface area (Å²) in [7, 11) is 1.51. The van der Waals surface area contributed by atoms with Crippen molar-refractivity contribution in [2.75, 3.05) is 20.3 Å². The molecule has 0 bridgehead atoms. The summed E-state index contributed by atoms with van der Waals surface area (Å²) in [5, 5.41) is 28.7. The van der Waals surface area contributed by atoms with Crippen LogP contribution in [0.1, 0.15) is 22.8 Å². The average molecular weight is 454 g/mol. The number of methoxy groups -OCH3 is 1. The van der Waals surface area contributed by atoms with Crippen LogP contribution in [-0.2, 0) is 16.1 Å². The molecule has 0 saturated heterocycles. The van der Waals surface area contributed by atoms with Crippen LogP contribution < -0.4 is 14.8 Å².